The zero-order valence-electron chi connectivity index (χ0n) is 17.3. The van der Waals surface area contributed by atoms with Crippen molar-refractivity contribution in [3.8, 4) is 5.75 Å². The highest BCUT2D eigenvalue weighted by molar-refractivity contribution is 7.92. The van der Waals surface area contributed by atoms with Crippen molar-refractivity contribution in [1.82, 2.24) is 0 Å². The van der Waals surface area contributed by atoms with E-state index in [0.717, 1.165) is 16.7 Å². The smallest absolute Gasteiger partial charge is 0.261 e. The third kappa shape index (κ3) is 4.80. The summed E-state index contributed by atoms with van der Waals surface area (Å²) in [4.78, 5) is 12.6. The molecule has 0 bridgehead atoms. The molecule has 6 nitrogen and oxygen atoms in total. The largest absolute Gasteiger partial charge is 0.495 e. The number of ether oxygens (including phenoxy) is 1. The Morgan fingerprint density at radius 3 is 2.20 bits per heavy atom. The van der Waals surface area contributed by atoms with Crippen LogP contribution in [0.2, 0.25) is 0 Å². The summed E-state index contributed by atoms with van der Waals surface area (Å²) in [6.07, 6.45) is 0. The molecule has 0 saturated heterocycles. The second-order valence-electron chi connectivity index (χ2n) is 7.09. The molecule has 156 valence electrons. The van der Waals surface area contributed by atoms with E-state index in [-0.39, 0.29) is 16.5 Å². The summed E-state index contributed by atoms with van der Waals surface area (Å²) in [5, 5.41) is 2.73. The van der Waals surface area contributed by atoms with Gasteiger partial charge in [0.05, 0.1) is 17.7 Å². The maximum absolute atomic E-state index is 12.9. The lowest BCUT2D eigenvalue weighted by molar-refractivity contribution is 0.102. The van der Waals surface area contributed by atoms with Crippen molar-refractivity contribution in [1.29, 1.82) is 0 Å². The number of carbonyl (C=O) groups excluding carboxylic acids is 1. The summed E-state index contributed by atoms with van der Waals surface area (Å²) in [6, 6.07) is 16.8. The lowest BCUT2D eigenvalue weighted by Gasteiger charge is -2.14. The Labute approximate surface area is 177 Å². The van der Waals surface area contributed by atoms with Gasteiger partial charge in [-0.25, -0.2) is 8.42 Å². The van der Waals surface area contributed by atoms with E-state index in [9.17, 15) is 13.2 Å². The lowest BCUT2D eigenvalue weighted by atomic mass is 10.1. The Bertz CT molecular complexity index is 1190. The number of anilines is 2. The Hall–Kier alpha value is -3.32. The maximum Gasteiger partial charge on any atom is 0.261 e. The number of benzene rings is 3. The molecule has 2 N–H and O–H groups in total. The van der Waals surface area contributed by atoms with E-state index in [1.807, 2.05) is 39.0 Å². The number of methoxy groups -OCH3 is 1. The van der Waals surface area contributed by atoms with Gasteiger partial charge in [-0.15, -0.1) is 0 Å². The molecule has 0 aliphatic carbocycles. The van der Waals surface area contributed by atoms with Crippen molar-refractivity contribution in [2.75, 3.05) is 17.1 Å². The molecule has 0 aliphatic heterocycles. The van der Waals surface area contributed by atoms with Crippen molar-refractivity contribution < 1.29 is 17.9 Å². The van der Waals surface area contributed by atoms with Crippen LogP contribution in [0.5, 0.6) is 5.75 Å². The molecule has 0 unspecified atom stereocenters. The predicted octanol–water partition coefficient (Wildman–Crippen LogP) is 4.67. The van der Waals surface area contributed by atoms with Crippen LogP contribution in [-0.4, -0.2) is 21.4 Å². The zero-order valence-corrected chi connectivity index (χ0v) is 18.1. The molecule has 3 aromatic carbocycles. The number of amides is 1. The Morgan fingerprint density at radius 2 is 1.57 bits per heavy atom. The van der Waals surface area contributed by atoms with Crippen molar-refractivity contribution in [2.45, 2.75) is 25.7 Å². The highest BCUT2D eigenvalue weighted by Gasteiger charge is 2.18. The quantitative estimate of drug-likeness (QED) is 0.602. The standard InChI is InChI=1S/C23H24N2O4S/c1-15-5-8-18(9-6-15)23(26)24-21-14-20(11-12-22(21)29-4)30(27,28)25-19-10-7-16(2)17(3)13-19/h5-14,25H,1-4H3,(H,24,26). The molecule has 0 aliphatic rings. The van der Waals surface area contributed by atoms with Gasteiger partial charge >= 0.3 is 0 Å². The van der Waals surface area contributed by atoms with Gasteiger partial charge in [-0.05, 0) is 74.4 Å². The maximum atomic E-state index is 12.9. The van der Waals surface area contributed by atoms with Crippen LogP contribution in [0.25, 0.3) is 0 Å². The third-order valence-electron chi connectivity index (χ3n) is 4.80. The second kappa shape index (κ2) is 8.59. The van der Waals surface area contributed by atoms with Gasteiger partial charge in [0.25, 0.3) is 15.9 Å². The van der Waals surface area contributed by atoms with Crippen LogP contribution in [0.1, 0.15) is 27.0 Å². The van der Waals surface area contributed by atoms with E-state index in [2.05, 4.69) is 10.0 Å². The van der Waals surface area contributed by atoms with Gasteiger partial charge in [0, 0.05) is 11.3 Å². The van der Waals surface area contributed by atoms with Crippen LogP contribution >= 0.6 is 0 Å². The van der Waals surface area contributed by atoms with Crippen LogP contribution in [0.15, 0.2) is 65.6 Å². The van der Waals surface area contributed by atoms with Crippen molar-refractivity contribution >= 4 is 27.3 Å². The molecule has 7 heteroatoms. The summed E-state index contributed by atoms with van der Waals surface area (Å²) in [5.41, 5.74) is 4.29. The summed E-state index contributed by atoms with van der Waals surface area (Å²) in [5.74, 6) is 0.00515. The van der Waals surface area contributed by atoms with E-state index in [0.29, 0.717) is 17.0 Å². The van der Waals surface area contributed by atoms with E-state index < -0.39 is 10.0 Å². The number of carbonyl (C=O) groups is 1. The molecule has 3 aromatic rings. The zero-order chi connectivity index (χ0) is 21.9. The molecule has 0 fully saturated rings. The first-order chi connectivity index (χ1) is 14.2. The number of nitrogens with one attached hydrogen (secondary N) is 2. The summed E-state index contributed by atoms with van der Waals surface area (Å²) in [6.45, 7) is 5.81. The highest BCUT2D eigenvalue weighted by Crippen LogP contribution is 2.29. The van der Waals surface area contributed by atoms with E-state index >= 15 is 0 Å². The monoisotopic (exact) mass is 424 g/mol. The van der Waals surface area contributed by atoms with Gasteiger partial charge in [0.15, 0.2) is 0 Å². The van der Waals surface area contributed by atoms with E-state index in [4.69, 9.17) is 4.74 Å². The van der Waals surface area contributed by atoms with Gasteiger partial charge in [0.2, 0.25) is 0 Å². The van der Waals surface area contributed by atoms with Crippen molar-refractivity contribution in [3.05, 3.63) is 82.9 Å². The fraction of sp³-hybridized carbons (Fsp3) is 0.174. The molecular weight excluding hydrogens is 400 g/mol. The van der Waals surface area contributed by atoms with Crippen molar-refractivity contribution in [3.63, 3.8) is 0 Å². The van der Waals surface area contributed by atoms with Crippen molar-refractivity contribution in [2.24, 2.45) is 0 Å². The molecule has 0 spiro atoms. The summed E-state index contributed by atoms with van der Waals surface area (Å²) >= 11 is 0. The Balaban J connectivity index is 1.89. The fourth-order valence-corrected chi connectivity index (χ4v) is 3.95. The number of rotatable bonds is 6. The third-order valence-corrected chi connectivity index (χ3v) is 6.18. The topological polar surface area (TPSA) is 84.5 Å². The normalized spacial score (nSPS) is 11.1. The fourth-order valence-electron chi connectivity index (χ4n) is 2.87. The first-order valence-corrected chi connectivity index (χ1v) is 10.8. The lowest BCUT2D eigenvalue weighted by Crippen LogP contribution is -2.16. The van der Waals surface area contributed by atoms with Gasteiger partial charge in [-0.2, -0.15) is 0 Å². The minimum atomic E-state index is -3.85. The Morgan fingerprint density at radius 1 is 0.867 bits per heavy atom. The predicted molar refractivity (Wildman–Crippen MR) is 119 cm³/mol. The Kier molecular flexibility index (Phi) is 6.12. The summed E-state index contributed by atoms with van der Waals surface area (Å²) < 4.78 is 33.6. The molecular formula is C23H24N2O4S. The first-order valence-electron chi connectivity index (χ1n) is 9.36. The average molecular weight is 425 g/mol. The molecule has 0 aromatic heterocycles. The summed E-state index contributed by atoms with van der Waals surface area (Å²) in [7, 11) is -2.40. The molecule has 30 heavy (non-hydrogen) atoms. The van der Waals surface area contributed by atoms with Crippen LogP contribution in [0.4, 0.5) is 11.4 Å². The van der Waals surface area contributed by atoms with Gasteiger partial charge < -0.3 is 10.1 Å². The van der Waals surface area contributed by atoms with E-state index in [1.54, 1.807) is 24.3 Å². The molecule has 0 saturated carbocycles. The molecule has 1 amide bonds. The minimum Gasteiger partial charge on any atom is -0.495 e. The highest BCUT2D eigenvalue weighted by atomic mass is 32.2. The second-order valence-corrected chi connectivity index (χ2v) is 8.77. The average Bonchev–Trinajstić information content (AvgIpc) is 2.71. The number of aryl methyl sites for hydroxylation is 3. The van der Waals surface area contributed by atoms with E-state index in [1.165, 1.54) is 25.3 Å². The molecule has 0 atom stereocenters. The minimum absolute atomic E-state index is 0.0146. The molecule has 0 radical (unpaired) electrons. The number of hydrogen-bond donors (Lipinski definition) is 2. The van der Waals surface area contributed by atoms with Gasteiger partial charge in [0.1, 0.15) is 5.75 Å². The number of sulfonamides is 1. The van der Waals surface area contributed by atoms with Crippen LogP contribution in [0, 0.1) is 20.8 Å². The SMILES string of the molecule is COc1ccc(S(=O)(=O)Nc2ccc(C)c(C)c2)cc1NC(=O)c1ccc(C)cc1. The van der Waals surface area contributed by atoms with Crippen LogP contribution < -0.4 is 14.8 Å². The van der Waals surface area contributed by atoms with Crippen LogP contribution in [-0.2, 0) is 10.0 Å². The first kappa shape index (κ1) is 21.4. The van der Waals surface area contributed by atoms with Gasteiger partial charge in [-0.1, -0.05) is 23.8 Å². The number of hydrogen-bond acceptors (Lipinski definition) is 4. The molecule has 3 rings (SSSR count). The van der Waals surface area contributed by atoms with Crippen LogP contribution in [0.3, 0.4) is 0 Å². The molecule has 0 heterocycles. The van der Waals surface area contributed by atoms with Gasteiger partial charge in [-0.3, -0.25) is 9.52 Å².